The van der Waals surface area contributed by atoms with Gasteiger partial charge in [-0.15, -0.1) is 0 Å². The van der Waals surface area contributed by atoms with Crippen molar-refractivity contribution < 1.29 is 32.5 Å². The molecule has 1 saturated heterocycles. The van der Waals surface area contributed by atoms with Crippen LogP contribution in [0.5, 0.6) is 17.2 Å². The van der Waals surface area contributed by atoms with Gasteiger partial charge in [0.2, 0.25) is 10.0 Å². The Bertz CT molecular complexity index is 1200. The molecule has 1 fully saturated rings. The van der Waals surface area contributed by atoms with Crippen LogP contribution in [0.3, 0.4) is 0 Å². The topological polar surface area (TPSA) is 140 Å². The van der Waals surface area contributed by atoms with E-state index in [0.717, 1.165) is 44.3 Å². The smallest absolute Gasteiger partial charge is 0.255 e. The van der Waals surface area contributed by atoms with Gasteiger partial charge in [0.1, 0.15) is 5.75 Å². The fourth-order valence-electron chi connectivity index (χ4n) is 4.73. The van der Waals surface area contributed by atoms with Crippen LogP contribution in [0.25, 0.3) is 0 Å². The average molecular weight is 548 g/mol. The van der Waals surface area contributed by atoms with Gasteiger partial charge in [-0.05, 0) is 75.2 Å². The number of sulfonamides is 1. The van der Waals surface area contributed by atoms with Gasteiger partial charge in [-0.3, -0.25) is 4.79 Å². The van der Waals surface area contributed by atoms with Gasteiger partial charge in [0, 0.05) is 25.4 Å². The summed E-state index contributed by atoms with van der Waals surface area (Å²) in [5, 5.41) is 18.8. The lowest BCUT2D eigenvalue weighted by Crippen LogP contribution is -2.47. The van der Waals surface area contributed by atoms with Crippen molar-refractivity contribution in [1.82, 2.24) is 10.2 Å². The van der Waals surface area contributed by atoms with Crippen LogP contribution in [-0.4, -0.2) is 76.4 Å². The van der Waals surface area contributed by atoms with E-state index in [4.69, 9.17) is 19.3 Å². The molecule has 4 N–H and O–H groups in total. The predicted octanol–water partition coefficient (Wildman–Crippen LogP) is 2.08. The van der Waals surface area contributed by atoms with Crippen molar-refractivity contribution in [2.75, 3.05) is 46.0 Å². The number of fused-ring (bicyclic) bond motifs is 1. The highest BCUT2D eigenvalue weighted by atomic mass is 32.2. The highest BCUT2D eigenvalue weighted by Crippen LogP contribution is 2.36. The largest absolute Gasteiger partial charge is 0.494 e. The zero-order chi connectivity index (χ0) is 27.1. The number of likely N-dealkylation sites (tertiary alicyclic amines) is 1. The number of ether oxygens (including phenoxy) is 3. The number of β-amino-alcohol motifs (C(OH)–C–C–N with tert-alkyl or cyclic N) is 1. The Morgan fingerprint density at radius 2 is 1.87 bits per heavy atom. The minimum Gasteiger partial charge on any atom is -0.494 e. The summed E-state index contributed by atoms with van der Waals surface area (Å²) in [5.41, 5.74) is 1.40. The Morgan fingerprint density at radius 3 is 2.58 bits per heavy atom. The second kappa shape index (κ2) is 12.8. The summed E-state index contributed by atoms with van der Waals surface area (Å²) in [4.78, 5) is 15.2. The average Bonchev–Trinajstić information content (AvgIpc) is 3.15. The van der Waals surface area contributed by atoms with Gasteiger partial charge in [0.15, 0.2) is 11.5 Å². The van der Waals surface area contributed by atoms with Gasteiger partial charge in [-0.1, -0.05) is 6.07 Å². The molecule has 2 aliphatic rings. The first kappa shape index (κ1) is 28.2. The van der Waals surface area contributed by atoms with E-state index in [1.807, 2.05) is 13.0 Å². The standard InChI is InChI=1S/C27H37N3O7S/c1-19-5-10-23(26-25(19)36-15-4-16-37-26)27(32)29-17-20-11-13-30(18-24(20)31)12-2-3-14-35-21-6-8-22(9-7-21)38(28,33)34/h5-10,20,24,31H,2-4,11-18H2,1H3,(H,29,32)(H2,28,33,34)/t20-,24+/m0/s1. The van der Waals surface area contributed by atoms with Crippen molar-refractivity contribution in [2.24, 2.45) is 11.1 Å². The zero-order valence-electron chi connectivity index (χ0n) is 21.7. The first-order valence-electron chi connectivity index (χ1n) is 13.1. The Balaban J connectivity index is 1.16. The highest BCUT2D eigenvalue weighted by molar-refractivity contribution is 7.89. The molecule has 4 rings (SSSR count). The fourth-order valence-corrected chi connectivity index (χ4v) is 5.24. The Hall–Kier alpha value is -2.86. The number of primary sulfonamides is 1. The molecule has 0 bridgehead atoms. The lowest BCUT2D eigenvalue weighted by atomic mass is 9.93. The van der Waals surface area contributed by atoms with Gasteiger partial charge in [0.25, 0.3) is 5.91 Å². The van der Waals surface area contributed by atoms with E-state index in [1.165, 1.54) is 12.1 Å². The molecule has 10 nitrogen and oxygen atoms in total. The van der Waals surface area contributed by atoms with Crippen molar-refractivity contribution in [3.05, 3.63) is 47.5 Å². The number of nitrogens with one attached hydrogen (secondary N) is 1. The molecule has 0 unspecified atom stereocenters. The van der Waals surface area contributed by atoms with Crippen LogP contribution in [0, 0.1) is 12.8 Å². The first-order chi connectivity index (χ1) is 18.2. The van der Waals surface area contributed by atoms with Gasteiger partial charge < -0.3 is 29.5 Å². The summed E-state index contributed by atoms with van der Waals surface area (Å²) in [6.45, 7) is 6.17. The lowest BCUT2D eigenvalue weighted by Gasteiger charge is -2.36. The van der Waals surface area contributed by atoms with Crippen LogP contribution >= 0.6 is 0 Å². The van der Waals surface area contributed by atoms with Crippen molar-refractivity contribution in [3.63, 3.8) is 0 Å². The summed E-state index contributed by atoms with van der Waals surface area (Å²) >= 11 is 0. The summed E-state index contributed by atoms with van der Waals surface area (Å²) in [6, 6.07) is 9.67. The SMILES string of the molecule is Cc1ccc(C(=O)NC[C@@H]2CCN(CCCCOc3ccc(S(N)(=O)=O)cc3)C[C@H]2O)c2c1OCCCO2. The number of hydrogen-bond donors (Lipinski definition) is 3. The molecule has 2 heterocycles. The fraction of sp³-hybridized carbons (Fsp3) is 0.519. The molecule has 2 aromatic carbocycles. The number of benzene rings is 2. The van der Waals surface area contributed by atoms with E-state index in [2.05, 4.69) is 10.2 Å². The van der Waals surface area contributed by atoms with Gasteiger partial charge in [-0.25, -0.2) is 13.6 Å². The molecule has 1 amide bonds. The number of piperidine rings is 1. The number of carbonyl (C=O) groups is 1. The molecule has 0 spiro atoms. The number of aryl methyl sites for hydroxylation is 1. The molecule has 0 radical (unpaired) electrons. The van der Waals surface area contributed by atoms with Crippen molar-refractivity contribution >= 4 is 15.9 Å². The lowest BCUT2D eigenvalue weighted by molar-refractivity contribution is 0.0213. The highest BCUT2D eigenvalue weighted by Gasteiger charge is 2.29. The molecule has 2 atom stereocenters. The Kier molecular flexibility index (Phi) is 9.48. The summed E-state index contributed by atoms with van der Waals surface area (Å²) in [7, 11) is -3.71. The van der Waals surface area contributed by atoms with E-state index in [0.29, 0.717) is 55.7 Å². The molecule has 38 heavy (non-hydrogen) atoms. The molecule has 0 aliphatic carbocycles. The Morgan fingerprint density at radius 1 is 1.13 bits per heavy atom. The van der Waals surface area contributed by atoms with Crippen molar-refractivity contribution in [2.45, 2.75) is 43.6 Å². The third-order valence-corrected chi connectivity index (χ3v) is 7.88. The zero-order valence-corrected chi connectivity index (χ0v) is 22.5. The van der Waals surface area contributed by atoms with Crippen LogP contribution in [0.15, 0.2) is 41.3 Å². The maximum Gasteiger partial charge on any atom is 0.255 e. The normalized spacial score (nSPS) is 20.0. The van der Waals surface area contributed by atoms with Crippen LogP contribution in [-0.2, 0) is 10.0 Å². The third-order valence-electron chi connectivity index (χ3n) is 6.96. The molecule has 2 aromatic rings. The van der Waals surface area contributed by atoms with Crippen LogP contribution in [0.4, 0.5) is 0 Å². The minimum absolute atomic E-state index is 0.0138. The minimum atomic E-state index is -3.71. The number of nitrogens with zero attached hydrogens (tertiary/aromatic N) is 1. The summed E-state index contributed by atoms with van der Waals surface area (Å²) < 4.78 is 39.9. The summed E-state index contributed by atoms with van der Waals surface area (Å²) in [6.07, 6.45) is 2.77. The molecule has 0 aromatic heterocycles. The second-order valence-corrected chi connectivity index (χ2v) is 11.4. The van der Waals surface area contributed by atoms with E-state index in [1.54, 1.807) is 18.2 Å². The monoisotopic (exact) mass is 547 g/mol. The number of aliphatic hydroxyl groups excluding tert-OH is 1. The van der Waals surface area contributed by atoms with E-state index >= 15 is 0 Å². The Labute approximate surface area is 224 Å². The van der Waals surface area contributed by atoms with Crippen molar-refractivity contribution in [3.8, 4) is 17.2 Å². The molecule has 11 heteroatoms. The van der Waals surface area contributed by atoms with Crippen molar-refractivity contribution in [1.29, 1.82) is 0 Å². The number of unbranched alkanes of at least 4 members (excludes halogenated alkanes) is 1. The maximum atomic E-state index is 12.9. The number of nitrogens with two attached hydrogens (primary N) is 1. The molecule has 0 saturated carbocycles. The van der Waals surface area contributed by atoms with E-state index in [9.17, 15) is 18.3 Å². The number of rotatable bonds is 10. The summed E-state index contributed by atoms with van der Waals surface area (Å²) in [5.74, 6) is 1.49. The predicted molar refractivity (Wildman–Crippen MR) is 142 cm³/mol. The van der Waals surface area contributed by atoms with Crippen LogP contribution in [0.1, 0.15) is 41.6 Å². The molecule has 2 aliphatic heterocycles. The van der Waals surface area contributed by atoms with Gasteiger partial charge in [-0.2, -0.15) is 0 Å². The second-order valence-electron chi connectivity index (χ2n) is 9.84. The van der Waals surface area contributed by atoms with Crippen LogP contribution < -0.4 is 24.7 Å². The number of hydrogen-bond acceptors (Lipinski definition) is 8. The molecule has 208 valence electrons. The van der Waals surface area contributed by atoms with Gasteiger partial charge in [0.05, 0.1) is 36.4 Å². The molecular weight excluding hydrogens is 510 g/mol. The molecular formula is C27H37N3O7S. The maximum absolute atomic E-state index is 12.9. The van der Waals surface area contributed by atoms with E-state index < -0.39 is 16.1 Å². The number of carbonyl (C=O) groups excluding carboxylic acids is 1. The van der Waals surface area contributed by atoms with Gasteiger partial charge >= 0.3 is 0 Å². The third kappa shape index (κ3) is 7.37. The quantitative estimate of drug-likeness (QED) is 0.384. The van der Waals surface area contributed by atoms with E-state index in [-0.39, 0.29) is 16.7 Å². The number of amides is 1. The van der Waals surface area contributed by atoms with Crippen LogP contribution in [0.2, 0.25) is 0 Å². The number of aliphatic hydroxyl groups is 1. The first-order valence-corrected chi connectivity index (χ1v) is 14.6.